The lowest BCUT2D eigenvalue weighted by atomic mass is 10.1. The molecule has 0 aliphatic carbocycles. The average Bonchev–Trinajstić information content (AvgIpc) is 2.63. The summed E-state index contributed by atoms with van der Waals surface area (Å²) in [5.74, 6) is -6.40. The average molecular weight is 368 g/mol. The van der Waals surface area contributed by atoms with Gasteiger partial charge in [-0.05, 0) is 18.9 Å². The Bertz CT molecular complexity index is 528. The van der Waals surface area contributed by atoms with Crippen molar-refractivity contribution in [1.82, 2.24) is 0 Å². The molecule has 6 heteroatoms. The van der Waals surface area contributed by atoms with E-state index in [1.807, 2.05) is 6.08 Å². The van der Waals surface area contributed by atoms with Gasteiger partial charge in [-0.3, -0.25) is 0 Å². The number of hydrogen-bond acceptors (Lipinski definition) is 5. The van der Waals surface area contributed by atoms with E-state index >= 15 is 0 Å². The number of carboxylic acids is 1. The molecule has 0 aromatic rings. The molecule has 0 aliphatic rings. The van der Waals surface area contributed by atoms with Gasteiger partial charge in [0.25, 0.3) is 0 Å². The van der Waals surface area contributed by atoms with Crippen LogP contribution in [0.25, 0.3) is 0 Å². The summed E-state index contributed by atoms with van der Waals surface area (Å²) < 4.78 is 0. The van der Waals surface area contributed by atoms with Crippen molar-refractivity contribution in [3.63, 3.8) is 0 Å². The summed E-state index contributed by atoms with van der Waals surface area (Å²) in [7, 11) is 0. The van der Waals surface area contributed by atoms with Crippen LogP contribution in [-0.4, -0.2) is 31.5 Å². The van der Waals surface area contributed by atoms with Crippen LogP contribution in [-0.2, 0) is 4.79 Å². The number of aliphatic hydroxyl groups is 4. The van der Waals surface area contributed by atoms with Gasteiger partial charge in [0.1, 0.15) is 0 Å². The predicted octanol–water partition coefficient (Wildman–Crippen LogP) is 5.76. The van der Waals surface area contributed by atoms with Crippen molar-refractivity contribution >= 4 is 5.97 Å². The van der Waals surface area contributed by atoms with Crippen LogP contribution in [0, 0.1) is 0 Å². The van der Waals surface area contributed by atoms with Gasteiger partial charge in [-0.2, -0.15) is 0 Å². The summed E-state index contributed by atoms with van der Waals surface area (Å²) in [4.78, 5) is 10.4. The molecule has 26 heavy (non-hydrogen) atoms. The van der Waals surface area contributed by atoms with Gasteiger partial charge in [0.15, 0.2) is 5.76 Å². The maximum atomic E-state index is 10.4. The zero-order chi connectivity index (χ0) is 19.8. The first kappa shape index (κ1) is 23.6. The molecule has 0 unspecified atom stereocenters. The van der Waals surface area contributed by atoms with Crippen molar-refractivity contribution < 1.29 is 30.3 Å². The second-order valence-electron chi connectivity index (χ2n) is 6.14. The van der Waals surface area contributed by atoms with Gasteiger partial charge >= 0.3 is 5.97 Å². The Balaban J connectivity index is 4.02. The van der Waals surface area contributed by atoms with E-state index in [2.05, 4.69) is 6.92 Å². The monoisotopic (exact) mass is 368 g/mol. The fraction of sp³-hybridized carbons (Fsp3) is 0.550. The molecular weight excluding hydrogens is 336 g/mol. The molecule has 6 nitrogen and oxygen atoms in total. The first-order valence-corrected chi connectivity index (χ1v) is 9.23. The molecule has 0 spiro atoms. The summed E-state index contributed by atoms with van der Waals surface area (Å²) in [6, 6.07) is 0. The van der Waals surface area contributed by atoms with Crippen molar-refractivity contribution in [2.45, 2.75) is 71.1 Å². The fourth-order valence-corrected chi connectivity index (χ4v) is 2.31. The summed E-state index contributed by atoms with van der Waals surface area (Å²) in [6.07, 6.45) is 18.4. The lowest BCUT2D eigenvalue weighted by Crippen LogP contribution is -2.06. The topological polar surface area (TPSA) is 118 Å². The minimum atomic E-state index is -1.81. The van der Waals surface area contributed by atoms with Gasteiger partial charge < -0.3 is 25.5 Å². The molecule has 0 amide bonds. The number of hydrogen-bond donors (Lipinski definition) is 5. The zero-order valence-electron chi connectivity index (χ0n) is 15.5. The van der Waals surface area contributed by atoms with E-state index in [9.17, 15) is 20.1 Å². The molecule has 5 N–H and O–H groups in total. The number of carboxylic acid groups (broad SMARTS) is 1. The Morgan fingerprint density at radius 2 is 1.23 bits per heavy atom. The molecule has 0 rings (SSSR count). The smallest absolute Gasteiger partial charge is 0.375 e. The zero-order valence-corrected chi connectivity index (χ0v) is 15.5. The van der Waals surface area contributed by atoms with Crippen molar-refractivity contribution in [1.29, 1.82) is 0 Å². The lowest BCUT2D eigenvalue weighted by Gasteiger charge is -2.01. The van der Waals surface area contributed by atoms with Crippen molar-refractivity contribution in [2.24, 2.45) is 0 Å². The molecule has 0 bridgehead atoms. The highest BCUT2D eigenvalue weighted by Gasteiger charge is 2.17. The van der Waals surface area contributed by atoms with Gasteiger partial charge in [0.2, 0.25) is 17.3 Å². The Hall–Kier alpha value is -2.37. The molecule has 0 fully saturated rings. The SMILES string of the molecule is CCCCCCCCCCCC=CC=CC(O)=C(O)C(O)=C(O)C(=O)O. The normalized spacial score (nSPS) is 13.9. The number of carbonyl (C=O) groups is 1. The van der Waals surface area contributed by atoms with Gasteiger partial charge in [0.05, 0.1) is 0 Å². The lowest BCUT2D eigenvalue weighted by molar-refractivity contribution is -0.135. The van der Waals surface area contributed by atoms with Crippen molar-refractivity contribution in [2.75, 3.05) is 0 Å². The summed E-state index contributed by atoms with van der Waals surface area (Å²) in [5.41, 5.74) is 0. The number of allylic oxidation sites excluding steroid dienone is 4. The van der Waals surface area contributed by atoms with E-state index in [1.54, 1.807) is 6.08 Å². The Labute approximate surface area is 155 Å². The Morgan fingerprint density at radius 1 is 0.692 bits per heavy atom. The summed E-state index contributed by atoms with van der Waals surface area (Å²) in [6.45, 7) is 2.22. The fourth-order valence-electron chi connectivity index (χ4n) is 2.31. The van der Waals surface area contributed by atoms with Crippen LogP contribution >= 0.6 is 0 Å². The first-order chi connectivity index (χ1) is 12.4. The molecular formula is C20H32O6. The first-order valence-electron chi connectivity index (χ1n) is 9.23. The molecule has 0 saturated heterocycles. The minimum Gasteiger partial charge on any atom is -0.504 e. The molecule has 0 aromatic carbocycles. The predicted molar refractivity (Wildman–Crippen MR) is 102 cm³/mol. The van der Waals surface area contributed by atoms with Crippen LogP contribution in [0.1, 0.15) is 71.1 Å². The highest BCUT2D eigenvalue weighted by molar-refractivity contribution is 5.84. The number of aliphatic carboxylic acids is 1. The van der Waals surface area contributed by atoms with Crippen molar-refractivity contribution in [3.05, 3.63) is 47.3 Å². The van der Waals surface area contributed by atoms with Crippen molar-refractivity contribution in [3.8, 4) is 0 Å². The van der Waals surface area contributed by atoms with Crippen LogP contribution < -0.4 is 0 Å². The third kappa shape index (κ3) is 11.2. The molecule has 148 valence electrons. The standard InChI is InChI=1S/C20H32O6/c1-2-3-4-5-6-7-8-9-10-11-12-13-14-15-16(21)17(22)18(23)19(24)20(25)26/h12-15,21-24H,2-11H2,1H3,(H,25,26). The second kappa shape index (κ2) is 14.9. The highest BCUT2D eigenvalue weighted by atomic mass is 16.4. The van der Waals surface area contributed by atoms with Gasteiger partial charge in [-0.25, -0.2) is 4.79 Å². The van der Waals surface area contributed by atoms with Crippen LogP contribution in [0.3, 0.4) is 0 Å². The van der Waals surface area contributed by atoms with Crippen LogP contribution in [0.15, 0.2) is 47.3 Å². The minimum absolute atomic E-state index is 0.747. The van der Waals surface area contributed by atoms with Crippen LogP contribution in [0.2, 0.25) is 0 Å². The summed E-state index contributed by atoms with van der Waals surface area (Å²) >= 11 is 0. The Kier molecular flexibility index (Phi) is 13.6. The molecule has 0 aliphatic heterocycles. The molecule has 0 radical (unpaired) electrons. The van der Waals surface area contributed by atoms with E-state index in [0.29, 0.717) is 0 Å². The van der Waals surface area contributed by atoms with E-state index in [-0.39, 0.29) is 0 Å². The highest BCUT2D eigenvalue weighted by Crippen LogP contribution is 2.13. The van der Waals surface area contributed by atoms with Gasteiger partial charge in [-0.1, -0.05) is 76.5 Å². The maximum absolute atomic E-state index is 10.4. The molecule has 0 saturated carbocycles. The number of aliphatic hydroxyl groups excluding tert-OH is 4. The van der Waals surface area contributed by atoms with Crippen LogP contribution in [0.4, 0.5) is 0 Å². The van der Waals surface area contributed by atoms with E-state index in [4.69, 9.17) is 10.2 Å². The molecule has 0 aromatic heterocycles. The third-order valence-electron chi connectivity index (χ3n) is 3.87. The van der Waals surface area contributed by atoms with E-state index in [0.717, 1.165) is 18.9 Å². The molecule has 0 heterocycles. The van der Waals surface area contributed by atoms with E-state index < -0.39 is 29.0 Å². The van der Waals surface area contributed by atoms with Crippen LogP contribution in [0.5, 0.6) is 0 Å². The second-order valence-corrected chi connectivity index (χ2v) is 6.14. The summed E-state index contributed by atoms with van der Waals surface area (Å²) in [5, 5.41) is 45.6. The van der Waals surface area contributed by atoms with Gasteiger partial charge in [0, 0.05) is 0 Å². The van der Waals surface area contributed by atoms with Gasteiger partial charge in [-0.15, -0.1) is 0 Å². The van der Waals surface area contributed by atoms with E-state index in [1.165, 1.54) is 57.4 Å². The Morgan fingerprint density at radius 3 is 1.77 bits per heavy atom. The quantitative estimate of drug-likeness (QED) is 0.115. The number of unbranched alkanes of at least 4 members (excludes halogenated alkanes) is 9. The number of rotatable bonds is 14. The maximum Gasteiger partial charge on any atom is 0.375 e. The largest absolute Gasteiger partial charge is 0.504 e. The molecule has 0 atom stereocenters. The third-order valence-corrected chi connectivity index (χ3v) is 3.87.